The summed E-state index contributed by atoms with van der Waals surface area (Å²) >= 11 is 0. The number of imide groups is 1. The van der Waals surface area contributed by atoms with Crippen molar-refractivity contribution in [2.75, 3.05) is 0 Å². The third-order valence-corrected chi connectivity index (χ3v) is 0.652. The van der Waals surface area contributed by atoms with Crippen LogP contribution in [0.3, 0.4) is 0 Å². The van der Waals surface area contributed by atoms with Gasteiger partial charge < -0.3 is 16.5 Å². The maximum atomic E-state index is 9.62. The lowest BCUT2D eigenvalue weighted by Crippen LogP contribution is -2.38. The number of H-pyrrole nitrogens is 1. The van der Waals surface area contributed by atoms with Crippen molar-refractivity contribution in [2.45, 2.75) is 0 Å². The van der Waals surface area contributed by atoms with Gasteiger partial charge in [-0.25, -0.2) is 14.6 Å². The molecule has 0 aliphatic carbocycles. The van der Waals surface area contributed by atoms with Crippen LogP contribution >= 0.6 is 0 Å². The third-order valence-electron chi connectivity index (χ3n) is 0.652. The van der Waals surface area contributed by atoms with Crippen molar-refractivity contribution >= 4 is 12.1 Å². The molecule has 1 rings (SSSR count). The molecule has 0 bridgehead atoms. The maximum Gasteiger partial charge on any atom is 0.320 e. The van der Waals surface area contributed by atoms with Crippen LogP contribution in [0.1, 0.15) is 0 Å². The first kappa shape index (κ1) is 9.95. The zero-order valence-corrected chi connectivity index (χ0v) is 6.15. The molecule has 6 N–H and O–H groups in total. The molecule has 1 heterocycles. The molecule has 0 unspecified atom stereocenters. The van der Waals surface area contributed by atoms with Gasteiger partial charge in [0.05, 0.1) is 6.33 Å². The number of nitrogens with zero attached hydrogens (tertiary/aromatic N) is 1. The Labute approximate surface area is 68.1 Å². The molecule has 0 aromatic carbocycles. The molecule has 0 atom stereocenters. The van der Waals surface area contributed by atoms with Gasteiger partial charge in [0.2, 0.25) is 0 Å². The molecule has 0 saturated carbocycles. The fourth-order valence-electron chi connectivity index (χ4n) is 0.337. The first-order chi connectivity index (χ1) is 5.63. The van der Waals surface area contributed by atoms with Crippen LogP contribution in [0.5, 0.6) is 0 Å². The van der Waals surface area contributed by atoms with Gasteiger partial charge in [-0.05, 0) is 0 Å². The molecule has 1 aromatic rings. The van der Waals surface area contributed by atoms with E-state index >= 15 is 0 Å². The summed E-state index contributed by atoms with van der Waals surface area (Å²) in [4.78, 5) is 25.7. The number of aromatic nitrogens is 2. The van der Waals surface area contributed by atoms with E-state index in [1.54, 1.807) is 24.0 Å². The van der Waals surface area contributed by atoms with Gasteiger partial charge in [0.15, 0.2) is 0 Å². The summed E-state index contributed by atoms with van der Waals surface area (Å²) in [6.45, 7) is 0. The number of hydrogen-bond donors (Lipinski definition) is 4. The van der Waals surface area contributed by atoms with E-state index in [1.165, 1.54) is 0 Å². The van der Waals surface area contributed by atoms with Gasteiger partial charge in [0, 0.05) is 12.4 Å². The highest BCUT2D eigenvalue weighted by Gasteiger charge is 1.92. The highest BCUT2D eigenvalue weighted by molar-refractivity contribution is 5.91. The predicted octanol–water partition coefficient (Wildman–Crippen LogP) is -0.857. The summed E-state index contributed by atoms with van der Waals surface area (Å²) in [5.41, 5.74) is 8.88. The normalized spacial score (nSPS) is 7.67. The van der Waals surface area contributed by atoms with Crippen LogP contribution in [0.2, 0.25) is 0 Å². The molecule has 0 saturated heterocycles. The second kappa shape index (κ2) is 5.71. The number of rotatable bonds is 0. The molecule has 0 fully saturated rings. The second-order valence-corrected chi connectivity index (χ2v) is 1.61. The summed E-state index contributed by atoms with van der Waals surface area (Å²) in [7, 11) is 0. The van der Waals surface area contributed by atoms with E-state index in [0.717, 1.165) is 0 Å². The van der Waals surface area contributed by atoms with Gasteiger partial charge in [-0.3, -0.25) is 5.32 Å². The summed E-state index contributed by atoms with van der Waals surface area (Å²) < 4.78 is 0. The quantitative estimate of drug-likeness (QED) is 0.405. The molecule has 0 spiro atoms. The largest absolute Gasteiger partial charge is 0.351 e. The standard InChI is InChI=1S/C3H4N2.C2H5N3O2/c1-2-5-3-4-1;3-1(6)5-2(4)7/h1-3H,(H,4,5);(H5,3,4,5,6,7). The summed E-state index contributed by atoms with van der Waals surface area (Å²) in [6.07, 6.45) is 5.08. The molecule has 7 heteroatoms. The van der Waals surface area contributed by atoms with Crippen molar-refractivity contribution in [1.82, 2.24) is 15.3 Å². The summed E-state index contributed by atoms with van der Waals surface area (Å²) in [6, 6.07) is -1.88. The number of nitrogens with one attached hydrogen (secondary N) is 2. The Morgan fingerprint density at radius 1 is 1.33 bits per heavy atom. The fraction of sp³-hybridized carbons (Fsp3) is 0. The van der Waals surface area contributed by atoms with Gasteiger partial charge >= 0.3 is 12.1 Å². The SMILES string of the molecule is NC(=O)NC(N)=O.c1c[nH]cn1. The molecule has 12 heavy (non-hydrogen) atoms. The van der Waals surface area contributed by atoms with Crippen molar-refractivity contribution in [1.29, 1.82) is 0 Å². The van der Waals surface area contributed by atoms with E-state index in [0.29, 0.717) is 0 Å². The van der Waals surface area contributed by atoms with Crippen molar-refractivity contribution < 1.29 is 9.59 Å². The smallest absolute Gasteiger partial charge is 0.320 e. The van der Waals surface area contributed by atoms with Gasteiger partial charge in [0.25, 0.3) is 0 Å². The van der Waals surface area contributed by atoms with E-state index in [1.807, 2.05) is 0 Å². The molecular formula is C5H9N5O2. The zero-order chi connectivity index (χ0) is 9.40. The lowest BCUT2D eigenvalue weighted by atomic mass is 10.9. The minimum absolute atomic E-state index is 0.937. The number of amides is 4. The van der Waals surface area contributed by atoms with Crippen LogP contribution in [0.15, 0.2) is 18.7 Å². The molecule has 7 nitrogen and oxygen atoms in total. The second-order valence-electron chi connectivity index (χ2n) is 1.61. The molecule has 0 aliphatic rings. The number of carbonyl (C=O) groups is 2. The average Bonchev–Trinajstić information content (AvgIpc) is 2.36. The summed E-state index contributed by atoms with van der Waals surface area (Å²) in [5, 5.41) is 1.58. The average molecular weight is 171 g/mol. The Morgan fingerprint density at radius 3 is 2.00 bits per heavy atom. The number of urea groups is 2. The molecular weight excluding hydrogens is 162 g/mol. The van der Waals surface area contributed by atoms with E-state index in [2.05, 4.69) is 21.4 Å². The minimum atomic E-state index is -0.938. The maximum absolute atomic E-state index is 9.62. The first-order valence-electron chi connectivity index (χ1n) is 2.91. The molecule has 1 aromatic heterocycles. The number of primary amides is 2. The van der Waals surface area contributed by atoms with Gasteiger partial charge in [-0.2, -0.15) is 0 Å². The van der Waals surface area contributed by atoms with Crippen LogP contribution in [-0.4, -0.2) is 22.0 Å². The van der Waals surface area contributed by atoms with E-state index in [-0.39, 0.29) is 0 Å². The lowest BCUT2D eigenvalue weighted by molar-refractivity contribution is 0.236. The van der Waals surface area contributed by atoms with E-state index in [4.69, 9.17) is 0 Å². The van der Waals surface area contributed by atoms with Gasteiger partial charge in [-0.1, -0.05) is 0 Å². The van der Waals surface area contributed by atoms with Gasteiger partial charge in [0.1, 0.15) is 0 Å². The number of carbonyl (C=O) groups excluding carboxylic acids is 2. The number of imidazole rings is 1. The fourth-order valence-corrected chi connectivity index (χ4v) is 0.337. The topological polar surface area (TPSA) is 127 Å². The van der Waals surface area contributed by atoms with Crippen molar-refractivity contribution in [3.05, 3.63) is 18.7 Å². The minimum Gasteiger partial charge on any atom is -0.351 e. The van der Waals surface area contributed by atoms with Crippen LogP contribution < -0.4 is 16.8 Å². The zero-order valence-electron chi connectivity index (χ0n) is 6.15. The third kappa shape index (κ3) is 7.95. The predicted molar refractivity (Wildman–Crippen MR) is 40.9 cm³/mol. The van der Waals surface area contributed by atoms with Crippen LogP contribution in [0, 0.1) is 0 Å². The first-order valence-corrected chi connectivity index (χ1v) is 2.91. The van der Waals surface area contributed by atoms with Crippen LogP contribution in [0.4, 0.5) is 9.59 Å². The van der Waals surface area contributed by atoms with Crippen molar-refractivity contribution in [3.8, 4) is 0 Å². The van der Waals surface area contributed by atoms with E-state index in [9.17, 15) is 9.59 Å². The molecule has 4 amide bonds. The highest BCUT2D eigenvalue weighted by atomic mass is 16.2. The van der Waals surface area contributed by atoms with Crippen molar-refractivity contribution in [2.24, 2.45) is 11.5 Å². The monoisotopic (exact) mass is 171 g/mol. The molecule has 0 radical (unpaired) electrons. The lowest BCUT2D eigenvalue weighted by Gasteiger charge is -1.88. The van der Waals surface area contributed by atoms with Crippen molar-refractivity contribution in [3.63, 3.8) is 0 Å². The Hall–Kier alpha value is -2.05. The number of hydrogen-bond acceptors (Lipinski definition) is 3. The summed E-state index contributed by atoms with van der Waals surface area (Å²) in [5.74, 6) is 0. The Morgan fingerprint density at radius 2 is 1.92 bits per heavy atom. The van der Waals surface area contributed by atoms with Gasteiger partial charge in [-0.15, -0.1) is 0 Å². The molecule has 0 aliphatic heterocycles. The molecule has 66 valence electrons. The number of aromatic amines is 1. The Kier molecular flexibility index (Phi) is 4.74. The van der Waals surface area contributed by atoms with Crippen LogP contribution in [0.25, 0.3) is 0 Å². The Bertz CT molecular complexity index is 203. The Balaban J connectivity index is 0.000000211. The highest BCUT2D eigenvalue weighted by Crippen LogP contribution is 1.62. The number of nitrogens with two attached hydrogens (primary N) is 2. The van der Waals surface area contributed by atoms with Crippen LogP contribution in [-0.2, 0) is 0 Å². The van der Waals surface area contributed by atoms with E-state index < -0.39 is 12.1 Å².